The number of carbonyl (C=O) groups excluding carboxylic acids is 3. The number of benzene rings is 3. The first-order valence-corrected chi connectivity index (χ1v) is 9.76. The molecule has 31 heavy (non-hydrogen) atoms. The Bertz CT molecular complexity index is 1220. The van der Waals surface area contributed by atoms with Crippen LogP contribution in [0.15, 0.2) is 85.0 Å². The molecule has 1 aliphatic heterocycles. The van der Waals surface area contributed by atoms with E-state index in [9.17, 15) is 14.4 Å². The molecule has 4 rings (SSSR count). The summed E-state index contributed by atoms with van der Waals surface area (Å²) >= 11 is 0. The smallest absolute Gasteiger partial charge is 0.331 e. The zero-order valence-corrected chi connectivity index (χ0v) is 16.7. The minimum Gasteiger partial charge on any atom is -0.488 e. The van der Waals surface area contributed by atoms with Crippen LogP contribution in [0.25, 0.3) is 16.8 Å². The number of barbiturate groups is 1. The van der Waals surface area contributed by atoms with E-state index in [2.05, 4.69) is 11.9 Å². The molecule has 3 aromatic carbocycles. The van der Waals surface area contributed by atoms with Crippen molar-refractivity contribution in [2.24, 2.45) is 0 Å². The van der Waals surface area contributed by atoms with E-state index in [1.165, 1.54) is 12.2 Å². The molecule has 3 aromatic rings. The maximum atomic E-state index is 12.7. The fourth-order valence-electron chi connectivity index (χ4n) is 3.45. The molecule has 0 spiro atoms. The van der Waals surface area contributed by atoms with Crippen molar-refractivity contribution in [2.45, 2.75) is 6.61 Å². The molecule has 1 saturated heterocycles. The first-order valence-electron chi connectivity index (χ1n) is 9.76. The number of hydrogen-bond donors (Lipinski definition) is 1. The van der Waals surface area contributed by atoms with Crippen LogP contribution in [-0.4, -0.2) is 29.3 Å². The zero-order valence-electron chi connectivity index (χ0n) is 16.7. The van der Waals surface area contributed by atoms with Gasteiger partial charge >= 0.3 is 6.03 Å². The van der Waals surface area contributed by atoms with E-state index in [0.29, 0.717) is 17.9 Å². The highest BCUT2D eigenvalue weighted by molar-refractivity contribution is 6.31. The third-order valence-electron chi connectivity index (χ3n) is 4.98. The van der Waals surface area contributed by atoms with Crippen LogP contribution in [0.5, 0.6) is 5.75 Å². The zero-order chi connectivity index (χ0) is 21.8. The number of fused-ring (bicyclic) bond motifs is 1. The maximum Gasteiger partial charge on any atom is 0.331 e. The van der Waals surface area contributed by atoms with Gasteiger partial charge in [-0.05, 0) is 28.5 Å². The van der Waals surface area contributed by atoms with Crippen molar-refractivity contribution in [3.8, 4) is 5.75 Å². The Morgan fingerprint density at radius 2 is 1.68 bits per heavy atom. The van der Waals surface area contributed by atoms with Crippen molar-refractivity contribution in [1.29, 1.82) is 0 Å². The highest BCUT2D eigenvalue weighted by atomic mass is 16.5. The van der Waals surface area contributed by atoms with Crippen LogP contribution in [0.2, 0.25) is 0 Å². The second-order valence-corrected chi connectivity index (χ2v) is 6.99. The molecule has 0 bridgehead atoms. The molecule has 1 aliphatic rings. The third-order valence-corrected chi connectivity index (χ3v) is 4.98. The molecule has 0 aliphatic carbocycles. The number of nitrogens with zero attached hydrogens (tertiary/aromatic N) is 1. The number of para-hydroxylation sites is 1. The van der Waals surface area contributed by atoms with Gasteiger partial charge in [0.1, 0.15) is 17.9 Å². The highest BCUT2D eigenvalue weighted by Gasteiger charge is 2.35. The van der Waals surface area contributed by atoms with Gasteiger partial charge in [0, 0.05) is 12.1 Å². The first-order chi connectivity index (χ1) is 15.1. The van der Waals surface area contributed by atoms with Crippen molar-refractivity contribution in [3.05, 3.63) is 96.1 Å². The van der Waals surface area contributed by atoms with Gasteiger partial charge in [-0.15, -0.1) is 6.58 Å². The molecule has 4 amide bonds. The SMILES string of the molecule is C=CCN1C(=O)NC(=O)/C(=C/c2ccccc2OCc2cccc3ccccc23)C1=O. The Kier molecular flexibility index (Phi) is 5.62. The lowest BCUT2D eigenvalue weighted by atomic mass is 10.0. The molecule has 1 N–H and O–H groups in total. The third kappa shape index (κ3) is 4.09. The van der Waals surface area contributed by atoms with Gasteiger partial charge in [0.15, 0.2) is 0 Å². The topological polar surface area (TPSA) is 75.7 Å². The van der Waals surface area contributed by atoms with Crippen molar-refractivity contribution in [2.75, 3.05) is 6.54 Å². The molecule has 1 heterocycles. The molecular formula is C25H20N2O4. The standard InChI is InChI=1S/C25H20N2O4/c1-2-14-27-24(29)21(23(28)26-25(27)30)15-18-9-4-6-13-22(18)31-16-19-11-7-10-17-8-3-5-12-20(17)19/h2-13,15H,1,14,16H2,(H,26,28,30)/b21-15-. The molecule has 0 atom stereocenters. The van der Waals surface area contributed by atoms with Gasteiger partial charge in [-0.2, -0.15) is 0 Å². The summed E-state index contributed by atoms with van der Waals surface area (Å²) in [4.78, 5) is 37.8. The van der Waals surface area contributed by atoms with E-state index < -0.39 is 17.8 Å². The highest BCUT2D eigenvalue weighted by Crippen LogP contribution is 2.25. The molecule has 6 heteroatoms. The number of rotatable bonds is 6. The number of ether oxygens (including phenoxy) is 1. The molecule has 0 aromatic heterocycles. The average Bonchev–Trinajstić information content (AvgIpc) is 2.78. The molecular weight excluding hydrogens is 392 g/mol. The lowest BCUT2D eigenvalue weighted by molar-refractivity contribution is -0.129. The minimum atomic E-state index is -0.757. The predicted octanol–water partition coefficient (Wildman–Crippen LogP) is 4.07. The van der Waals surface area contributed by atoms with E-state index >= 15 is 0 Å². The van der Waals surface area contributed by atoms with Gasteiger partial charge in [0.25, 0.3) is 11.8 Å². The van der Waals surface area contributed by atoms with Gasteiger partial charge in [-0.25, -0.2) is 4.79 Å². The summed E-state index contributed by atoms with van der Waals surface area (Å²) in [5.41, 5.74) is 1.45. The van der Waals surface area contributed by atoms with Crippen LogP contribution in [0.3, 0.4) is 0 Å². The number of nitrogens with one attached hydrogen (secondary N) is 1. The molecule has 6 nitrogen and oxygen atoms in total. The average molecular weight is 412 g/mol. The van der Waals surface area contributed by atoms with Crippen LogP contribution >= 0.6 is 0 Å². The Hall–Kier alpha value is -4.19. The van der Waals surface area contributed by atoms with Gasteiger partial charge in [-0.1, -0.05) is 66.7 Å². The maximum absolute atomic E-state index is 12.7. The molecule has 0 radical (unpaired) electrons. The van der Waals surface area contributed by atoms with Crippen molar-refractivity contribution >= 4 is 34.7 Å². The quantitative estimate of drug-likeness (QED) is 0.376. The summed E-state index contributed by atoms with van der Waals surface area (Å²) in [6.07, 6.45) is 2.87. The van der Waals surface area contributed by atoms with Crippen LogP contribution in [-0.2, 0) is 16.2 Å². The summed E-state index contributed by atoms with van der Waals surface area (Å²) in [5, 5.41) is 4.40. The Balaban J connectivity index is 1.63. The summed E-state index contributed by atoms with van der Waals surface area (Å²) in [6, 6.07) is 20.4. The molecule has 0 unspecified atom stereocenters. The van der Waals surface area contributed by atoms with Gasteiger partial charge in [-0.3, -0.25) is 19.8 Å². The molecule has 0 saturated carbocycles. The lowest BCUT2D eigenvalue weighted by Gasteiger charge is -2.25. The van der Waals surface area contributed by atoms with E-state index in [1.807, 2.05) is 48.5 Å². The van der Waals surface area contributed by atoms with Gasteiger partial charge in [0.2, 0.25) is 0 Å². The van der Waals surface area contributed by atoms with E-state index in [-0.39, 0.29) is 12.1 Å². The number of urea groups is 1. The Morgan fingerprint density at radius 1 is 0.935 bits per heavy atom. The normalized spacial score (nSPS) is 15.3. The van der Waals surface area contributed by atoms with E-state index in [1.54, 1.807) is 18.2 Å². The Morgan fingerprint density at radius 3 is 2.52 bits per heavy atom. The minimum absolute atomic E-state index is 0.00845. The fraction of sp³-hybridized carbons (Fsp3) is 0.0800. The van der Waals surface area contributed by atoms with Gasteiger partial charge < -0.3 is 4.74 Å². The largest absolute Gasteiger partial charge is 0.488 e. The second-order valence-electron chi connectivity index (χ2n) is 6.99. The summed E-state index contributed by atoms with van der Waals surface area (Å²) < 4.78 is 6.05. The van der Waals surface area contributed by atoms with Crippen molar-refractivity contribution < 1.29 is 19.1 Å². The summed E-state index contributed by atoms with van der Waals surface area (Å²) in [7, 11) is 0. The Labute approximate surface area is 179 Å². The molecule has 154 valence electrons. The number of hydrogen-bond acceptors (Lipinski definition) is 4. The van der Waals surface area contributed by atoms with E-state index in [4.69, 9.17) is 4.74 Å². The van der Waals surface area contributed by atoms with Crippen molar-refractivity contribution in [1.82, 2.24) is 10.2 Å². The number of imide groups is 2. The number of amides is 4. The first kappa shape index (κ1) is 20.1. The van der Waals surface area contributed by atoms with E-state index in [0.717, 1.165) is 21.2 Å². The summed E-state index contributed by atoms with van der Waals surface area (Å²) in [6.45, 7) is 3.87. The molecule has 1 fully saturated rings. The summed E-state index contributed by atoms with van der Waals surface area (Å²) in [5.74, 6) is -0.882. The lowest BCUT2D eigenvalue weighted by Crippen LogP contribution is -2.54. The van der Waals surface area contributed by atoms with Crippen molar-refractivity contribution in [3.63, 3.8) is 0 Å². The van der Waals surface area contributed by atoms with Crippen LogP contribution < -0.4 is 10.1 Å². The van der Waals surface area contributed by atoms with Crippen LogP contribution in [0, 0.1) is 0 Å². The predicted molar refractivity (Wildman–Crippen MR) is 118 cm³/mol. The van der Waals surface area contributed by atoms with Gasteiger partial charge in [0.05, 0.1) is 0 Å². The second kappa shape index (κ2) is 8.67. The van der Waals surface area contributed by atoms with Crippen LogP contribution in [0.1, 0.15) is 11.1 Å². The monoisotopic (exact) mass is 412 g/mol. The van der Waals surface area contributed by atoms with Crippen LogP contribution in [0.4, 0.5) is 4.79 Å². The number of carbonyl (C=O) groups is 3. The fourth-order valence-corrected chi connectivity index (χ4v) is 3.45.